The van der Waals surface area contributed by atoms with Crippen LogP contribution in [0.1, 0.15) is 18.9 Å². The lowest BCUT2D eigenvalue weighted by Gasteiger charge is -2.16. The third-order valence-corrected chi connectivity index (χ3v) is 3.03. The van der Waals surface area contributed by atoms with Crippen molar-refractivity contribution in [3.05, 3.63) is 29.8 Å². The maximum atomic E-state index is 11.9. The van der Waals surface area contributed by atoms with Gasteiger partial charge in [0, 0.05) is 19.1 Å². The van der Waals surface area contributed by atoms with Crippen LogP contribution in [0.15, 0.2) is 24.3 Å². The zero-order valence-electron chi connectivity index (χ0n) is 10.1. The second kappa shape index (κ2) is 5.19. The number of carbonyl (C=O) groups is 1. The van der Waals surface area contributed by atoms with E-state index in [0.717, 1.165) is 18.4 Å². The molecular weight excluding hydrogens is 216 g/mol. The van der Waals surface area contributed by atoms with Crippen molar-refractivity contribution in [2.45, 2.75) is 25.8 Å². The van der Waals surface area contributed by atoms with E-state index in [9.17, 15) is 4.79 Å². The smallest absolute Gasteiger partial charge is 0.410 e. The highest BCUT2D eigenvalue weighted by Gasteiger charge is 2.25. The van der Waals surface area contributed by atoms with E-state index in [1.54, 1.807) is 4.90 Å². The van der Waals surface area contributed by atoms with Crippen LogP contribution in [0.3, 0.4) is 0 Å². The largest absolute Gasteiger partial charge is 0.415 e. The lowest BCUT2D eigenvalue weighted by atomic mass is 10.1. The second-order valence-electron chi connectivity index (χ2n) is 4.32. The monoisotopic (exact) mass is 234 g/mol. The third-order valence-electron chi connectivity index (χ3n) is 3.03. The number of nitrogens with two attached hydrogens (primary N) is 1. The average Bonchev–Trinajstić information content (AvgIpc) is 2.77. The van der Waals surface area contributed by atoms with Gasteiger partial charge in [0.15, 0.2) is 0 Å². The van der Waals surface area contributed by atoms with Crippen molar-refractivity contribution in [2.24, 2.45) is 5.73 Å². The Labute approximate surface area is 101 Å². The summed E-state index contributed by atoms with van der Waals surface area (Å²) in [6.45, 7) is 3.32. The van der Waals surface area contributed by atoms with Gasteiger partial charge in [-0.1, -0.05) is 25.1 Å². The first-order valence-corrected chi connectivity index (χ1v) is 6.01. The molecule has 1 aromatic rings. The van der Waals surface area contributed by atoms with Gasteiger partial charge in [0.05, 0.1) is 0 Å². The van der Waals surface area contributed by atoms with E-state index >= 15 is 0 Å². The maximum absolute atomic E-state index is 11.9. The number of nitrogens with zero attached hydrogens (tertiary/aromatic N) is 1. The molecule has 4 nitrogen and oxygen atoms in total. The quantitative estimate of drug-likeness (QED) is 0.848. The second-order valence-corrected chi connectivity index (χ2v) is 4.32. The minimum absolute atomic E-state index is 0.0870. The number of likely N-dealkylation sites (tertiary alicyclic amines) is 1. The minimum atomic E-state index is -0.293. The summed E-state index contributed by atoms with van der Waals surface area (Å²) in [5, 5.41) is 0. The number of benzene rings is 1. The molecule has 0 aliphatic carbocycles. The van der Waals surface area contributed by atoms with Gasteiger partial charge in [-0.05, 0) is 24.5 Å². The zero-order chi connectivity index (χ0) is 12.3. The van der Waals surface area contributed by atoms with E-state index in [1.165, 1.54) is 0 Å². The molecule has 1 fully saturated rings. The molecule has 1 aromatic carbocycles. The fourth-order valence-electron chi connectivity index (χ4n) is 2.01. The summed E-state index contributed by atoms with van der Waals surface area (Å²) in [4.78, 5) is 13.5. The molecule has 0 saturated carbocycles. The van der Waals surface area contributed by atoms with Gasteiger partial charge < -0.3 is 15.4 Å². The highest BCUT2D eigenvalue weighted by molar-refractivity contribution is 5.71. The van der Waals surface area contributed by atoms with Crippen LogP contribution in [0.25, 0.3) is 0 Å². The zero-order valence-corrected chi connectivity index (χ0v) is 10.1. The summed E-state index contributed by atoms with van der Waals surface area (Å²) in [6.07, 6.45) is 1.41. The molecule has 92 valence electrons. The van der Waals surface area contributed by atoms with Crippen molar-refractivity contribution >= 4 is 6.09 Å². The molecule has 17 heavy (non-hydrogen) atoms. The summed E-state index contributed by atoms with van der Waals surface area (Å²) >= 11 is 0. The molecule has 1 aliphatic heterocycles. The summed E-state index contributed by atoms with van der Waals surface area (Å²) < 4.78 is 5.40. The maximum Gasteiger partial charge on any atom is 0.415 e. The van der Waals surface area contributed by atoms with Crippen LogP contribution in [0, 0.1) is 0 Å². The van der Waals surface area contributed by atoms with Crippen LogP contribution in [-0.4, -0.2) is 30.1 Å². The van der Waals surface area contributed by atoms with Crippen molar-refractivity contribution in [1.82, 2.24) is 4.90 Å². The van der Waals surface area contributed by atoms with Crippen LogP contribution in [0.2, 0.25) is 0 Å². The van der Waals surface area contributed by atoms with Crippen LogP contribution in [-0.2, 0) is 6.42 Å². The molecule has 0 aromatic heterocycles. The Balaban J connectivity index is 2.03. The Kier molecular flexibility index (Phi) is 3.64. The Morgan fingerprint density at radius 2 is 2.29 bits per heavy atom. The molecular formula is C13H18N2O2. The first-order valence-electron chi connectivity index (χ1n) is 6.01. The fraction of sp³-hybridized carbons (Fsp3) is 0.462. The number of para-hydroxylation sites is 1. The first-order chi connectivity index (χ1) is 8.20. The Hall–Kier alpha value is -1.55. The standard InChI is InChI=1S/C13H18N2O2/c1-2-10-5-3-4-6-12(10)17-13(16)15-8-7-11(14)9-15/h3-6,11H,2,7-9,14H2,1H3. The van der Waals surface area contributed by atoms with Crippen LogP contribution in [0.4, 0.5) is 4.79 Å². The number of hydrogen-bond donors (Lipinski definition) is 1. The van der Waals surface area contributed by atoms with Crippen molar-refractivity contribution in [3.8, 4) is 5.75 Å². The van der Waals surface area contributed by atoms with E-state index in [-0.39, 0.29) is 12.1 Å². The topological polar surface area (TPSA) is 55.6 Å². The summed E-state index contributed by atoms with van der Waals surface area (Å²) in [5.41, 5.74) is 6.81. The van der Waals surface area contributed by atoms with Gasteiger partial charge in [0.2, 0.25) is 0 Å². The van der Waals surface area contributed by atoms with E-state index in [4.69, 9.17) is 10.5 Å². The Morgan fingerprint density at radius 1 is 1.53 bits per heavy atom. The predicted octanol–water partition coefficient (Wildman–Crippen LogP) is 1.78. The van der Waals surface area contributed by atoms with Gasteiger partial charge in [0.25, 0.3) is 0 Å². The number of rotatable bonds is 2. The summed E-state index contributed by atoms with van der Waals surface area (Å²) in [6, 6.07) is 7.70. The Bertz CT molecular complexity index is 406. The molecule has 1 unspecified atom stereocenters. The molecule has 1 saturated heterocycles. The van der Waals surface area contributed by atoms with Gasteiger partial charge in [0.1, 0.15) is 5.75 Å². The molecule has 2 N–H and O–H groups in total. The molecule has 1 aliphatic rings. The Morgan fingerprint density at radius 3 is 2.94 bits per heavy atom. The van der Waals surface area contributed by atoms with Crippen LogP contribution in [0.5, 0.6) is 5.75 Å². The molecule has 0 radical (unpaired) electrons. The molecule has 1 amide bonds. The number of aryl methyl sites for hydroxylation is 1. The number of amides is 1. The number of ether oxygens (including phenoxy) is 1. The van der Waals surface area contributed by atoms with Gasteiger partial charge in [-0.3, -0.25) is 0 Å². The van der Waals surface area contributed by atoms with E-state index in [0.29, 0.717) is 18.8 Å². The van der Waals surface area contributed by atoms with Crippen molar-refractivity contribution in [3.63, 3.8) is 0 Å². The minimum Gasteiger partial charge on any atom is -0.410 e. The average molecular weight is 234 g/mol. The first kappa shape index (κ1) is 11.9. The van der Waals surface area contributed by atoms with Crippen LogP contribution < -0.4 is 10.5 Å². The highest BCUT2D eigenvalue weighted by Crippen LogP contribution is 2.20. The van der Waals surface area contributed by atoms with Crippen molar-refractivity contribution in [2.75, 3.05) is 13.1 Å². The molecule has 2 rings (SSSR count). The van der Waals surface area contributed by atoms with Gasteiger partial charge >= 0.3 is 6.09 Å². The van der Waals surface area contributed by atoms with Crippen molar-refractivity contribution < 1.29 is 9.53 Å². The van der Waals surface area contributed by atoms with E-state index in [1.807, 2.05) is 31.2 Å². The lowest BCUT2D eigenvalue weighted by Crippen LogP contribution is -2.34. The predicted molar refractivity (Wildman–Crippen MR) is 66.0 cm³/mol. The molecule has 1 heterocycles. The van der Waals surface area contributed by atoms with Gasteiger partial charge in [-0.25, -0.2) is 4.79 Å². The molecule has 4 heteroatoms. The van der Waals surface area contributed by atoms with Crippen molar-refractivity contribution in [1.29, 1.82) is 0 Å². The lowest BCUT2D eigenvalue weighted by molar-refractivity contribution is 0.162. The molecule has 1 atom stereocenters. The summed E-state index contributed by atoms with van der Waals surface area (Å²) in [7, 11) is 0. The third kappa shape index (κ3) is 2.77. The summed E-state index contributed by atoms with van der Waals surface area (Å²) in [5.74, 6) is 0.653. The molecule has 0 spiro atoms. The molecule has 0 bridgehead atoms. The normalized spacial score (nSPS) is 19.4. The SMILES string of the molecule is CCc1ccccc1OC(=O)N1CCC(N)C1. The number of carbonyl (C=O) groups excluding carboxylic acids is 1. The van der Waals surface area contributed by atoms with Gasteiger partial charge in [-0.2, -0.15) is 0 Å². The van der Waals surface area contributed by atoms with Gasteiger partial charge in [-0.15, -0.1) is 0 Å². The van der Waals surface area contributed by atoms with E-state index in [2.05, 4.69) is 0 Å². The van der Waals surface area contributed by atoms with Crippen LogP contribution >= 0.6 is 0 Å². The number of hydrogen-bond acceptors (Lipinski definition) is 3. The fourth-order valence-corrected chi connectivity index (χ4v) is 2.01. The highest BCUT2D eigenvalue weighted by atomic mass is 16.6. The van der Waals surface area contributed by atoms with E-state index < -0.39 is 0 Å².